The Kier molecular flexibility index (Phi) is 5.36. The third-order valence-corrected chi connectivity index (χ3v) is 6.08. The molecule has 1 aliphatic heterocycles. The third-order valence-electron chi connectivity index (χ3n) is 6.08. The molecule has 1 N–H and O–H groups in total. The highest BCUT2D eigenvalue weighted by molar-refractivity contribution is 5.94. The summed E-state index contributed by atoms with van der Waals surface area (Å²) in [6, 6.07) is 0. The summed E-state index contributed by atoms with van der Waals surface area (Å²) in [4.78, 5) is 14.9. The van der Waals surface area contributed by atoms with Crippen molar-refractivity contribution < 1.29 is 9.53 Å². The van der Waals surface area contributed by atoms with E-state index in [1.54, 1.807) is 6.20 Å². The number of rotatable bonds is 6. The van der Waals surface area contributed by atoms with E-state index in [1.165, 1.54) is 32.1 Å². The Bertz CT molecular complexity index is 576. The molecule has 1 amide bonds. The standard InChI is InChI=1S/C19H30N4O2/c24-19(18-12-17(18)15-4-2-1-3-5-15)21-16-13-20-23(14-16)7-6-22-8-10-25-11-9-22/h13-15,17-18H,1-12H2,(H,21,24). The lowest BCUT2D eigenvalue weighted by Crippen LogP contribution is -2.38. The summed E-state index contributed by atoms with van der Waals surface area (Å²) >= 11 is 0. The van der Waals surface area contributed by atoms with E-state index in [0.29, 0.717) is 5.92 Å². The lowest BCUT2D eigenvalue weighted by molar-refractivity contribution is -0.117. The van der Waals surface area contributed by atoms with Gasteiger partial charge in [-0.25, -0.2) is 0 Å². The van der Waals surface area contributed by atoms with E-state index in [2.05, 4.69) is 15.3 Å². The molecule has 0 radical (unpaired) electrons. The first kappa shape index (κ1) is 17.0. The van der Waals surface area contributed by atoms with Gasteiger partial charge in [0.2, 0.25) is 5.91 Å². The molecule has 0 spiro atoms. The van der Waals surface area contributed by atoms with Gasteiger partial charge in [0.15, 0.2) is 0 Å². The smallest absolute Gasteiger partial charge is 0.227 e. The minimum atomic E-state index is 0.198. The van der Waals surface area contributed by atoms with Crippen molar-refractivity contribution in [3.8, 4) is 0 Å². The van der Waals surface area contributed by atoms with E-state index in [4.69, 9.17) is 4.74 Å². The summed E-state index contributed by atoms with van der Waals surface area (Å²) in [5, 5.41) is 7.46. The van der Waals surface area contributed by atoms with Crippen LogP contribution in [-0.4, -0.2) is 53.4 Å². The Labute approximate surface area is 149 Å². The zero-order valence-electron chi connectivity index (χ0n) is 15.0. The summed E-state index contributed by atoms with van der Waals surface area (Å²) in [6.45, 7) is 5.47. The van der Waals surface area contributed by atoms with Crippen LogP contribution in [0.2, 0.25) is 0 Å². The van der Waals surface area contributed by atoms with Crippen molar-refractivity contribution in [1.82, 2.24) is 14.7 Å². The Morgan fingerprint density at radius 2 is 2.00 bits per heavy atom. The molecular formula is C19H30N4O2. The summed E-state index contributed by atoms with van der Waals surface area (Å²) in [7, 11) is 0. The second-order valence-electron chi connectivity index (χ2n) is 7.84. The average molecular weight is 346 g/mol. The predicted molar refractivity (Wildman–Crippen MR) is 96.3 cm³/mol. The van der Waals surface area contributed by atoms with Crippen LogP contribution in [0.25, 0.3) is 0 Å². The summed E-state index contributed by atoms with van der Waals surface area (Å²) in [5.74, 6) is 1.86. The van der Waals surface area contributed by atoms with Crippen LogP contribution >= 0.6 is 0 Å². The van der Waals surface area contributed by atoms with Crippen molar-refractivity contribution in [2.45, 2.75) is 45.1 Å². The van der Waals surface area contributed by atoms with Gasteiger partial charge in [0, 0.05) is 31.7 Å². The van der Waals surface area contributed by atoms with E-state index >= 15 is 0 Å². The number of hydrogen-bond acceptors (Lipinski definition) is 4. The Balaban J connectivity index is 1.22. The number of carbonyl (C=O) groups excluding carboxylic acids is 1. The largest absolute Gasteiger partial charge is 0.379 e. The topological polar surface area (TPSA) is 59.4 Å². The van der Waals surface area contributed by atoms with E-state index in [-0.39, 0.29) is 11.8 Å². The number of amides is 1. The van der Waals surface area contributed by atoms with Crippen molar-refractivity contribution in [1.29, 1.82) is 0 Å². The van der Waals surface area contributed by atoms with Gasteiger partial charge in [0.25, 0.3) is 0 Å². The molecule has 1 saturated heterocycles. The molecule has 3 aliphatic rings. The second kappa shape index (κ2) is 7.87. The number of ether oxygens (including phenoxy) is 1. The fourth-order valence-corrected chi connectivity index (χ4v) is 4.45. The second-order valence-corrected chi connectivity index (χ2v) is 7.84. The van der Waals surface area contributed by atoms with Crippen molar-refractivity contribution in [2.75, 3.05) is 38.2 Å². The van der Waals surface area contributed by atoms with Crippen LogP contribution in [0.5, 0.6) is 0 Å². The van der Waals surface area contributed by atoms with Gasteiger partial charge in [0.1, 0.15) is 0 Å². The summed E-state index contributed by atoms with van der Waals surface area (Å²) in [6.07, 6.45) is 11.6. The molecular weight excluding hydrogens is 316 g/mol. The zero-order valence-corrected chi connectivity index (χ0v) is 15.0. The minimum absolute atomic E-state index is 0.198. The molecule has 6 heteroatoms. The number of aromatic nitrogens is 2. The van der Waals surface area contributed by atoms with Crippen LogP contribution in [0, 0.1) is 17.8 Å². The van der Waals surface area contributed by atoms with Crippen molar-refractivity contribution >= 4 is 11.6 Å². The minimum Gasteiger partial charge on any atom is -0.379 e. The molecule has 4 rings (SSSR count). The fraction of sp³-hybridized carbons (Fsp3) is 0.789. The number of hydrogen-bond donors (Lipinski definition) is 1. The Hall–Kier alpha value is -1.40. The molecule has 1 aromatic heterocycles. The molecule has 0 bridgehead atoms. The first-order valence-corrected chi connectivity index (χ1v) is 9.93. The average Bonchev–Trinajstić information content (AvgIpc) is 3.35. The third kappa shape index (κ3) is 4.42. The number of carbonyl (C=O) groups is 1. The predicted octanol–water partition coefficient (Wildman–Crippen LogP) is 2.37. The van der Waals surface area contributed by atoms with E-state index < -0.39 is 0 Å². The maximum atomic E-state index is 12.5. The molecule has 2 heterocycles. The monoisotopic (exact) mass is 346 g/mol. The molecule has 2 saturated carbocycles. The highest BCUT2D eigenvalue weighted by Gasteiger charge is 2.47. The maximum absolute atomic E-state index is 12.5. The van der Waals surface area contributed by atoms with Crippen molar-refractivity contribution in [3.63, 3.8) is 0 Å². The Morgan fingerprint density at radius 1 is 1.20 bits per heavy atom. The molecule has 25 heavy (non-hydrogen) atoms. The molecule has 2 aliphatic carbocycles. The van der Waals surface area contributed by atoms with Crippen LogP contribution in [0.1, 0.15) is 38.5 Å². The summed E-state index contributed by atoms with van der Waals surface area (Å²) < 4.78 is 7.30. The molecule has 2 atom stereocenters. The van der Waals surface area contributed by atoms with Gasteiger partial charge in [-0.15, -0.1) is 0 Å². The van der Waals surface area contributed by atoms with Crippen LogP contribution in [0.15, 0.2) is 12.4 Å². The highest BCUT2D eigenvalue weighted by Crippen LogP contribution is 2.49. The summed E-state index contributed by atoms with van der Waals surface area (Å²) in [5.41, 5.74) is 0.835. The lowest BCUT2D eigenvalue weighted by Gasteiger charge is -2.26. The molecule has 6 nitrogen and oxygen atoms in total. The van der Waals surface area contributed by atoms with Gasteiger partial charge in [-0.05, 0) is 18.3 Å². The number of nitrogens with zero attached hydrogens (tertiary/aromatic N) is 3. The van der Waals surface area contributed by atoms with Gasteiger partial charge < -0.3 is 10.1 Å². The zero-order chi connectivity index (χ0) is 17.1. The molecule has 2 unspecified atom stereocenters. The molecule has 0 aromatic carbocycles. The SMILES string of the molecule is O=C(Nc1cnn(CCN2CCOCC2)c1)C1CC1C1CCCCC1. The van der Waals surface area contributed by atoms with Gasteiger partial charge in [-0.3, -0.25) is 14.4 Å². The molecule has 1 aromatic rings. The van der Waals surface area contributed by atoms with Gasteiger partial charge in [0.05, 0.1) is 31.6 Å². The lowest BCUT2D eigenvalue weighted by atomic mass is 9.85. The molecule has 138 valence electrons. The number of morpholine rings is 1. The van der Waals surface area contributed by atoms with Gasteiger partial charge in [-0.1, -0.05) is 32.1 Å². The maximum Gasteiger partial charge on any atom is 0.227 e. The Morgan fingerprint density at radius 3 is 2.80 bits per heavy atom. The fourth-order valence-electron chi connectivity index (χ4n) is 4.45. The van der Waals surface area contributed by atoms with Crippen molar-refractivity contribution in [2.24, 2.45) is 17.8 Å². The van der Waals surface area contributed by atoms with Crippen LogP contribution in [-0.2, 0) is 16.1 Å². The van der Waals surface area contributed by atoms with Crippen LogP contribution < -0.4 is 5.32 Å². The van der Waals surface area contributed by atoms with Crippen LogP contribution in [0.3, 0.4) is 0 Å². The normalized spacial score (nSPS) is 28.0. The van der Waals surface area contributed by atoms with Crippen molar-refractivity contribution in [3.05, 3.63) is 12.4 Å². The van der Waals surface area contributed by atoms with E-state index in [0.717, 1.165) is 57.4 Å². The first-order valence-electron chi connectivity index (χ1n) is 9.93. The first-order chi connectivity index (χ1) is 12.3. The van der Waals surface area contributed by atoms with E-state index in [1.807, 2.05) is 10.9 Å². The highest BCUT2D eigenvalue weighted by atomic mass is 16.5. The van der Waals surface area contributed by atoms with Gasteiger partial charge >= 0.3 is 0 Å². The van der Waals surface area contributed by atoms with Gasteiger partial charge in [-0.2, -0.15) is 5.10 Å². The van der Waals surface area contributed by atoms with Crippen LogP contribution in [0.4, 0.5) is 5.69 Å². The number of anilines is 1. The quantitative estimate of drug-likeness (QED) is 0.859. The number of nitrogens with one attached hydrogen (secondary N) is 1. The molecule has 3 fully saturated rings. The van der Waals surface area contributed by atoms with E-state index in [9.17, 15) is 4.79 Å².